The zero-order chi connectivity index (χ0) is 11.0. The molecule has 1 aromatic carbocycles. The number of nitrogens with zero attached hydrogens (tertiary/aromatic N) is 2. The summed E-state index contributed by atoms with van der Waals surface area (Å²) >= 11 is 0. The highest BCUT2D eigenvalue weighted by molar-refractivity contribution is 5.89. The predicted molar refractivity (Wildman–Crippen MR) is 52.3 cm³/mol. The summed E-state index contributed by atoms with van der Waals surface area (Å²) in [4.78, 5) is 14.7. The summed E-state index contributed by atoms with van der Waals surface area (Å²) in [5.41, 5.74) is 1.01. The van der Waals surface area contributed by atoms with Crippen LogP contribution in [-0.2, 0) is 6.54 Å². The standard InChI is InChI=1S/C10H9FN2O2/c1-2-13-8-4-3-6(11)5-7(8)12-9(13)10(14)15/h3-5H,2H2,1H3,(H,14,15). The van der Waals surface area contributed by atoms with Crippen molar-refractivity contribution in [3.8, 4) is 0 Å². The van der Waals surface area contributed by atoms with Crippen molar-refractivity contribution in [2.24, 2.45) is 0 Å². The molecule has 78 valence electrons. The van der Waals surface area contributed by atoms with Crippen molar-refractivity contribution in [2.75, 3.05) is 0 Å². The fourth-order valence-corrected chi connectivity index (χ4v) is 1.59. The van der Waals surface area contributed by atoms with Crippen LogP contribution in [-0.4, -0.2) is 20.6 Å². The number of benzene rings is 1. The van der Waals surface area contributed by atoms with Crippen LogP contribution in [0.5, 0.6) is 0 Å². The van der Waals surface area contributed by atoms with Crippen molar-refractivity contribution < 1.29 is 14.3 Å². The molecular weight excluding hydrogens is 199 g/mol. The molecule has 0 spiro atoms. The molecule has 1 aromatic heterocycles. The van der Waals surface area contributed by atoms with E-state index in [9.17, 15) is 9.18 Å². The average Bonchev–Trinajstić information content (AvgIpc) is 2.55. The molecule has 0 atom stereocenters. The van der Waals surface area contributed by atoms with Crippen LogP contribution in [0.25, 0.3) is 11.0 Å². The first kappa shape index (κ1) is 9.64. The second-order valence-electron chi connectivity index (χ2n) is 3.12. The fourth-order valence-electron chi connectivity index (χ4n) is 1.59. The van der Waals surface area contributed by atoms with Crippen LogP contribution in [0.1, 0.15) is 17.5 Å². The van der Waals surface area contributed by atoms with Gasteiger partial charge in [0.2, 0.25) is 5.82 Å². The van der Waals surface area contributed by atoms with E-state index in [0.29, 0.717) is 17.6 Å². The number of carboxylic acid groups (broad SMARTS) is 1. The molecule has 0 fully saturated rings. The average molecular weight is 208 g/mol. The summed E-state index contributed by atoms with van der Waals surface area (Å²) in [6, 6.07) is 4.06. The maximum Gasteiger partial charge on any atom is 0.372 e. The lowest BCUT2D eigenvalue weighted by molar-refractivity contribution is 0.0679. The van der Waals surface area contributed by atoms with Crippen LogP contribution >= 0.6 is 0 Å². The maximum absolute atomic E-state index is 12.9. The first-order chi connectivity index (χ1) is 7.13. The Morgan fingerprint density at radius 1 is 1.60 bits per heavy atom. The highest BCUT2D eigenvalue weighted by atomic mass is 19.1. The van der Waals surface area contributed by atoms with Crippen molar-refractivity contribution in [3.63, 3.8) is 0 Å². The summed E-state index contributed by atoms with van der Waals surface area (Å²) in [6.07, 6.45) is 0. The van der Waals surface area contributed by atoms with Crippen LogP contribution in [0.3, 0.4) is 0 Å². The number of hydrogen-bond donors (Lipinski definition) is 1. The molecule has 0 bridgehead atoms. The molecular formula is C10H9FN2O2. The molecule has 4 nitrogen and oxygen atoms in total. The number of carboxylic acids is 1. The van der Waals surface area contributed by atoms with Gasteiger partial charge in [0.1, 0.15) is 5.82 Å². The lowest BCUT2D eigenvalue weighted by Gasteiger charge is -2.01. The van der Waals surface area contributed by atoms with Gasteiger partial charge in [-0.25, -0.2) is 14.2 Å². The maximum atomic E-state index is 12.9. The SMILES string of the molecule is CCn1c(C(=O)O)nc2cc(F)ccc21. The molecule has 0 aliphatic rings. The van der Waals surface area contributed by atoms with E-state index in [1.165, 1.54) is 22.8 Å². The lowest BCUT2D eigenvalue weighted by atomic mass is 10.3. The van der Waals surface area contributed by atoms with Crippen molar-refractivity contribution in [1.82, 2.24) is 9.55 Å². The summed E-state index contributed by atoms with van der Waals surface area (Å²) in [7, 11) is 0. The predicted octanol–water partition coefficient (Wildman–Crippen LogP) is 1.89. The van der Waals surface area contributed by atoms with Gasteiger partial charge in [-0.3, -0.25) is 0 Å². The Morgan fingerprint density at radius 3 is 2.93 bits per heavy atom. The largest absolute Gasteiger partial charge is 0.475 e. The van der Waals surface area contributed by atoms with Crippen molar-refractivity contribution >= 4 is 17.0 Å². The third-order valence-electron chi connectivity index (χ3n) is 2.22. The molecule has 0 aliphatic heterocycles. The molecule has 2 aromatic rings. The fraction of sp³-hybridized carbons (Fsp3) is 0.200. The first-order valence-electron chi connectivity index (χ1n) is 4.52. The Balaban J connectivity index is 2.78. The first-order valence-corrected chi connectivity index (χ1v) is 4.52. The Kier molecular flexibility index (Phi) is 2.15. The van der Waals surface area contributed by atoms with Gasteiger partial charge < -0.3 is 9.67 Å². The van der Waals surface area contributed by atoms with E-state index in [-0.39, 0.29) is 5.82 Å². The molecule has 0 saturated carbocycles. The van der Waals surface area contributed by atoms with E-state index >= 15 is 0 Å². The Morgan fingerprint density at radius 2 is 2.33 bits per heavy atom. The zero-order valence-electron chi connectivity index (χ0n) is 8.07. The number of aromatic carboxylic acids is 1. The minimum atomic E-state index is -1.10. The lowest BCUT2D eigenvalue weighted by Crippen LogP contribution is -2.08. The monoisotopic (exact) mass is 208 g/mol. The molecule has 15 heavy (non-hydrogen) atoms. The van der Waals surface area contributed by atoms with Crippen molar-refractivity contribution in [2.45, 2.75) is 13.5 Å². The number of hydrogen-bond acceptors (Lipinski definition) is 2. The molecule has 0 radical (unpaired) electrons. The Bertz CT molecular complexity index is 533. The zero-order valence-corrected chi connectivity index (χ0v) is 8.07. The van der Waals surface area contributed by atoms with E-state index in [4.69, 9.17) is 5.11 Å². The van der Waals surface area contributed by atoms with Crippen LogP contribution in [0.4, 0.5) is 4.39 Å². The molecule has 0 saturated heterocycles. The van der Waals surface area contributed by atoms with Crippen LogP contribution < -0.4 is 0 Å². The van der Waals surface area contributed by atoms with Crippen molar-refractivity contribution in [1.29, 1.82) is 0 Å². The van der Waals surface area contributed by atoms with E-state index in [2.05, 4.69) is 4.98 Å². The Labute approximate surface area is 85.0 Å². The van der Waals surface area contributed by atoms with E-state index < -0.39 is 11.8 Å². The highest BCUT2D eigenvalue weighted by Crippen LogP contribution is 2.17. The Hall–Kier alpha value is -1.91. The van der Waals surface area contributed by atoms with Gasteiger partial charge in [0.25, 0.3) is 0 Å². The number of carbonyl (C=O) groups is 1. The smallest absolute Gasteiger partial charge is 0.372 e. The second kappa shape index (κ2) is 3.34. The topological polar surface area (TPSA) is 55.1 Å². The number of fused-ring (bicyclic) bond motifs is 1. The number of halogens is 1. The summed E-state index contributed by atoms with van der Waals surface area (Å²) in [5.74, 6) is -1.58. The molecule has 1 heterocycles. The molecule has 2 rings (SSSR count). The van der Waals surface area contributed by atoms with Gasteiger partial charge in [0, 0.05) is 12.6 Å². The molecule has 5 heteroatoms. The van der Waals surface area contributed by atoms with Gasteiger partial charge >= 0.3 is 5.97 Å². The van der Waals surface area contributed by atoms with Gasteiger partial charge in [-0.2, -0.15) is 0 Å². The number of aromatic nitrogens is 2. The van der Waals surface area contributed by atoms with Crippen LogP contribution in [0.15, 0.2) is 18.2 Å². The minimum absolute atomic E-state index is 0.0573. The summed E-state index contributed by atoms with van der Waals surface area (Å²) in [5, 5.41) is 8.89. The van der Waals surface area contributed by atoms with Crippen LogP contribution in [0.2, 0.25) is 0 Å². The third-order valence-corrected chi connectivity index (χ3v) is 2.22. The van der Waals surface area contributed by atoms with Gasteiger partial charge in [-0.05, 0) is 19.1 Å². The quantitative estimate of drug-likeness (QED) is 0.819. The molecule has 0 aliphatic carbocycles. The van der Waals surface area contributed by atoms with E-state index in [1.54, 1.807) is 0 Å². The molecule has 0 amide bonds. The van der Waals surface area contributed by atoms with E-state index in [1.807, 2.05) is 6.92 Å². The second-order valence-corrected chi connectivity index (χ2v) is 3.12. The normalized spacial score (nSPS) is 10.8. The minimum Gasteiger partial charge on any atom is -0.475 e. The van der Waals surface area contributed by atoms with Gasteiger partial charge in [0.05, 0.1) is 11.0 Å². The summed E-state index contributed by atoms with van der Waals surface area (Å²) < 4.78 is 14.4. The number of imidazole rings is 1. The van der Waals surface area contributed by atoms with Gasteiger partial charge in [-0.1, -0.05) is 0 Å². The van der Waals surface area contributed by atoms with Crippen LogP contribution in [0, 0.1) is 5.82 Å². The number of aryl methyl sites for hydroxylation is 1. The van der Waals surface area contributed by atoms with Crippen molar-refractivity contribution in [3.05, 3.63) is 29.8 Å². The summed E-state index contributed by atoms with van der Waals surface area (Å²) in [6.45, 7) is 2.31. The van der Waals surface area contributed by atoms with Gasteiger partial charge in [-0.15, -0.1) is 0 Å². The third kappa shape index (κ3) is 1.45. The van der Waals surface area contributed by atoms with Gasteiger partial charge in [0.15, 0.2) is 0 Å². The van der Waals surface area contributed by atoms with E-state index in [0.717, 1.165) is 0 Å². The highest BCUT2D eigenvalue weighted by Gasteiger charge is 2.15. The molecule has 1 N–H and O–H groups in total. The molecule has 0 unspecified atom stereocenters. The number of rotatable bonds is 2.